The van der Waals surface area contributed by atoms with Gasteiger partial charge in [-0.3, -0.25) is 4.79 Å². The fourth-order valence-corrected chi connectivity index (χ4v) is 2.00. The molecule has 0 aromatic carbocycles. The molecule has 1 aromatic rings. The number of aromatic nitrogens is 2. The molecule has 22 heavy (non-hydrogen) atoms. The average Bonchev–Trinajstić information content (AvgIpc) is 2.80. The summed E-state index contributed by atoms with van der Waals surface area (Å²) in [5, 5.41) is 10.1. The van der Waals surface area contributed by atoms with Gasteiger partial charge in [0, 0.05) is 33.0 Å². The van der Waals surface area contributed by atoms with Gasteiger partial charge < -0.3 is 14.6 Å². The molecule has 1 atom stereocenters. The first-order valence-electron chi connectivity index (χ1n) is 7.00. The predicted molar refractivity (Wildman–Crippen MR) is 74.9 cm³/mol. The summed E-state index contributed by atoms with van der Waals surface area (Å²) in [6, 6.07) is 0. The summed E-state index contributed by atoms with van der Waals surface area (Å²) < 4.78 is 41.0. The topological polar surface area (TPSA) is 58.4 Å². The van der Waals surface area contributed by atoms with Crippen LogP contribution in [0.5, 0.6) is 0 Å². The Morgan fingerprint density at radius 3 is 2.45 bits per heavy atom. The zero-order valence-corrected chi connectivity index (χ0v) is 13.2. The third-order valence-corrected chi connectivity index (χ3v) is 3.53. The van der Waals surface area contributed by atoms with Gasteiger partial charge >= 0.3 is 6.18 Å². The maximum Gasteiger partial charge on any atom is 0.425 e. The van der Waals surface area contributed by atoms with E-state index < -0.39 is 29.9 Å². The highest BCUT2D eigenvalue weighted by atomic mass is 19.4. The lowest BCUT2D eigenvalue weighted by molar-refractivity contribution is -0.271. The molecular formula is C14H22F3N3O2. The molecule has 8 heteroatoms. The molecule has 0 saturated heterocycles. The maximum atomic E-state index is 13.3. The van der Waals surface area contributed by atoms with Crippen LogP contribution in [-0.2, 0) is 17.4 Å². The van der Waals surface area contributed by atoms with Gasteiger partial charge in [-0.15, -0.1) is 0 Å². The first kappa shape index (κ1) is 18.5. The molecular weight excluding hydrogens is 299 g/mol. The number of hydrogen-bond donors (Lipinski definition) is 1. The summed E-state index contributed by atoms with van der Waals surface area (Å²) in [5.74, 6) is -1.04. The first-order chi connectivity index (χ1) is 9.99. The van der Waals surface area contributed by atoms with Crippen LogP contribution in [0.15, 0.2) is 12.4 Å². The van der Waals surface area contributed by atoms with E-state index in [2.05, 4.69) is 4.98 Å². The Morgan fingerprint density at radius 2 is 2.05 bits per heavy atom. The minimum Gasteiger partial charge on any atom is -0.374 e. The SMILES string of the molecule is CC(C)CCN(C)C(=O)CC(O)(c1nccn1C)C(F)(F)F. The fraction of sp³-hybridized carbons (Fsp3) is 0.714. The molecule has 1 aromatic heterocycles. The van der Waals surface area contributed by atoms with Crippen molar-refractivity contribution < 1.29 is 23.1 Å². The summed E-state index contributed by atoms with van der Waals surface area (Å²) in [6.45, 7) is 4.25. The number of nitrogens with zero attached hydrogens (tertiary/aromatic N) is 3. The molecule has 5 nitrogen and oxygen atoms in total. The fourth-order valence-electron chi connectivity index (χ4n) is 2.00. The van der Waals surface area contributed by atoms with Crippen molar-refractivity contribution in [1.29, 1.82) is 0 Å². The summed E-state index contributed by atoms with van der Waals surface area (Å²) in [5.41, 5.74) is -3.30. The molecule has 1 amide bonds. The van der Waals surface area contributed by atoms with Crippen molar-refractivity contribution in [1.82, 2.24) is 14.5 Å². The normalized spacial score (nSPS) is 15.0. The molecule has 1 rings (SSSR count). The maximum absolute atomic E-state index is 13.3. The predicted octanol–water partition coefficient (Wildman–Crippen LogP) is 2.06. The molecule has 1 unspecified atom stereocenters. The van der Waals surface area contributed by atoms with Crippen LogP contribution >= 0.6 is 0 Å². The first-order valence-corrected chi connectivity index (χ1v) is 7.00. The Hall–Kier alpha value is -1.57. The second-order valence-electron chi connectivity index (χ2n) is 5.89. The highest BCUT2D eigenvalue weighted by Crippen LogP contribution is 2.41. The standard InChI is InChI=1S/C14H22F3N3O2/c1-10(2)5-7-19(3)11(21)9-13(22,14(15,16)17)12-18-6-8-20(12)4/h6,8,10,22H,5,7,9H2,1-4H3. The Labute approximate surface area is 127 Å². The number of rotatable bonds is 6. The van der Waals surface area contributed by atoms with Gasteiger partial charge in [-0.05, 0) is 12.3 Å². The number of halogens is 3. The van der Waals surface area contributed by atoms with Crippen LogP contribution in [0.2, 0.25) is 0 Å². The van der Waals surface area contributed by atoms with Crippen LogP contribution < -0.4 is 0 Å². The van der Waals surface area contributed by atoms with E-state index in [4.69, 9.17) is 0 Å². The molecule has 0 saturated carbocycles. The van der Waals surface area contributed by atoms with E-state index in [0.29, 0.717) is 18.9 Å². The Bertz CT molecular complexity index is 514. The van der Waals surface area contributed by atoms with E-state index in [-0.39, 0.29) is 0 Å². The summed E-state index contributed by atoms with van der Waals surface area (Å²) in [7, 11) is 2.77. The van der Waals surface area contributed by atoms with E-state index in [1.807, 2.05) is 13.8 Å². The lowest BCUT2D eigenvalue weighted by Gasteiger charge is -2.31. The van der Waals surface area contributed by atoms with Gasteiger partial charge in [0.05, 0.1) is 6.42 Å². The minimum atomic E-state index is -5.00. The van der Waals surface area contributed by atoms with Crippen LogP contribution in [0, 0.1) is 5.92 Å². The third-order valence-electron chi connectivity index (χ3n) is 3.53. The van der Waals surface area contributed by atoms with Crippen LogP contribution in [0.1, 0.15) is 32.5 Å². The number of imidazole rings is 1. The van der Waals surface area contributed by atoms with Gasteiger partial charge in [0.1, 0.15) is 0 Å². The molecule has 0 aliphatic carbocycles. The number of carbonyl (C=O) groups is 1. The highest BCUT2D eigenvalue weighted by Gasteiger charge is 2.58. The van der Waals surface area contributed by atoms with Gasteiger partial charge in [-0.25, -0.2) is 4.98 Å². The number of alkyl halides is 3. The summed E-state index contributed by atoms with van der Waals surface area (Å²) in [6.07, 6.45) is -2.97. The van der Waals surface area contributed by atoms with Crippen molar-refractivity contribution in [2.75, 3.05) is 13.6 Å². The molecule has 0 aliphatic rings. The van der Waals surface area contributed by atoms with Crippen molar-refractivity contribution in [3.8, 4) is 0 Å². The quantitative estimate of drug-likeness (QED) is 0.872. The number of hydrogen-bond acceptors (Lipinski definition) is 3. The van der Waals surface area contributed by atoms with E-state index in [1.165, 1.54) is 25.2 Å². The average molecular weight is 321 g/mol. The third kappa shape index (κ3) is 4.00. The molecule has 0 aliphatic heterocycles. The Balaban J connectivity index is 2.97. The van der Waals surface area contributed by atoms with Crippen molar-refractivity contribution in [3.05, 3.63) is 18.2 Å². The highest BCUT2D eigenvalue weighted by molar-refractivity contribution is 5.77. The molecule has 1 N–H and O–H groups in total. The number of carbonyl (C=O) groups excluding carboxylic acids is 1. The largest absolute Gasteiger partial charge is 0.425 e. The van der Waals surface area contributed by atoms with E-state index in [9.17, 15) is 23.1 Å². The van der Waals surface area contributed by atoms with E-state index in [1.54, 1.807) is 0 Å². The zero-order valence-electron chi connectivity index (χ0n) is 13.2. The van der Waals surface area contributed by atoms with Crippen molar-refractivity contribution in [2.45, 2.75) is 38.5 Å². The smallest absolute Gasteiger partial charge is 0.374 e. The summed E-state index contributed by atoms with van der Waals surface area (Å²) >= 11 is 0. The van der Waals surface area contributed by atoms with Gasteiger partial charge in [-0.1, -0.05) is 13.8 Å². The van der Waals surface area contributed by atoms with Crippen LogP contribution in [-0.4, -0.2) is 45.2 Å². The summed E-state index contributed by atoms with van der Waals surface area (Å²) in [4.78, 5) is 16.8. The lowest BCUT2D eigenvalue weighted by Crippen LogP contribution is -2.48. The molecule has 1 heterocycles. The minimum absolute atomic E-state index is 0.325. The van der Waals surface area contributed by atoms with Crippen molar-refractivity contribution in [3.63, 3.8) is 0 Å². The Kier molecular flexibility index (Phi) is 5.61. The number of amides is 1. The van der Waals surface area contributed by atoms with Gasteiger partial charge in [0.15, 0.2) is 5.82 Å². The molecule has 126 valence electrons. The van der Waals surface area contributed by atoms with E-state index >= 15 is 0 Å². The van der Waals surface area contributed by atoms with Gasteiger partial charge in [0.2, 0.25) is 11.5 Å². The zero-order chi connectivity index (χ0) is 17.1. The van der Waals surface area contributed by atoms with Crippen LogP contribution in [0.4, 0.5) is 13.2 Å². The van der Waals surface area contributed by atoms with Crippen molar-refractivity contribution >= 4 is 5.91 Å². The van der Waals surface area contributed by atoms with Gasteiger partial charge in [0.25, 0.3) is 0 Å². The van der Waals surface area contributed by atoms with Crippen LogP contribution in [0.25, 0.3) is 0 Å². The molecule has 0 spiro atoms. The number of aryl methyl sites for hydroxylation is 1. The number of aliphatic hydroxyl groups is 1. The second kappa shape index (κ2) is 6.68. The monoisotopic (exact) mass is 321 g/mol. The van der Waals surface area contributed by atoms with E-state index in [0.717, 1.165) is 10.8 Å². The second-order valence-corrected chi connectivity index (χ2v) is 5.89. The molecule has 0 radical (unpaired) electrons. The van der Waals surface area contributed by atoms with Crippen LogP contribution in [0.3, 0.4) is 0 Å². The van der Waals surface area contributed by atoms with Crippen molar-refractivity contribution in [2.24, 2.45) is 13.0 Å². The molecule has 0 fully saturated rings. The van der Waals surface area contributed by atoms with Gasteiger partial charge in [-0.2, -0.15) is 13.2 Å². The lowest BCUT2D eigenvalue weighted by atomic mass is 9.96. The Morgan fingerprint density at radius 1 is 1.45 bits per heavy atom. The molecule has 0 bridgehead atoms.